The molecular formula is C6H10N2. The van der Waals surface area contributed by atoms with Crippen molar-refractivity contribution in [1.82, 2.24) is 10.6 Å². The lowest BCUT2D eigenvalue weighted by atomic mass is 10.3. The molecule has 0 aromatic heterocycles. The topological polar surface area (TPSA) is 24.1 Å². The Hall–Kier alpha value is -0.500. The van der Waals surface area contributed by atoms with E-state index in [-0.39, 0.29) is 0 Å². The van der Waals surface area contributed by atoms with Crippen molar-refractivity contribution in [2.24, 2.45) is 0 Å². The van der Waals surface area contributed by atoms with Gasteiger partial charge in [0.15, 0.2) is 6.67 Å². The van der Waals surface area contributed by atoms with Gasteiger partial charge in [-0.2, -0.15) is 0 Å². The quantitative estimate of drug-likeness (QED) is 0.473. The van der Waals surface area contributed by atoms with Gasteiger partial charge < -0.3 is 5.32 Å². The summed E-state index contributed by atoms with van der Waals surface area (Å²) in [6, 6.07) is 0. The van der Waals surface area contributed by atoms with E-state index in [2.05, 4.69) is 23.4 Å². The molecule has 8 heavy (non-hydrogen) atoms. The number of hydrogen-bond acceptors (Lipinski definition) is 2. The Kier molecular flexibility index (Phi) is 2.46. The predicted molar refractivity (Wildman–Crippen MR) is 32.8 cm³/mol. The first kappa shape index (κ1) is 5.63. The normalized spacial score (nSPS) is 25.0. The van der Waals surface area contributed by atoms with Crippen molar-refractivity contribution in [2.45, 2.75) is 12.8 Å². The van der Waals surface area contributed by atoms with Crippen molar-refractivity contribution in [2.75, 3.05) is 6.54 Å². The molecule has 44 valence electrons. The van der Waals surface area contributed by atoms with Gasteiger partial charge in [0.2, 0.25) is 0 Å². The van der Waals surface area contributed by atoms with Crippen LogP contribution in [-0.2, 0) is 0 Å². The van der Waals surface area contributed by atoms with Crippen molar-refractivity contribution in [3.05, 3.63) is 18.9 Å². The van der Waals surface area contributed by atoms with E-state index in [4.69, 9.17) is 0 Å². The molecule has 2 radical (unpaired) electrons. The zero-order valence-electron chi connectivity index (χ0n) is 4.78. The molecule has 1 aliphatic rings. The molecular weight excluding hydrogens is 100 g/mol. The summed E-state index contributed by atoms with van der Waals surface area (Å²) < 4.78 is 0. The molecule has 2 N–H and O–H groups in total. The summed E-state index contributed by atoms with van der Waals surface area (Å²) in [7, 11) is 0. The summed E-state index contributed by atoms with van der Waals surface area (Å²) in [5.41, 5.74) is 0. The molecule has 0 spiro atoms. The second kappa shape index (κ2) is 3.50. The molecule has 2 nitrogen and oxygen atoms in total. The lowest BCUT2D eigenvalue weighted by molar-refractivity contribution is 0.679. The molecule has 0 aromatic carbocycles. The van der Waals surface area contributed by atoms with E-state index in [1.54, 1.807) is 0 Å². The van der Waals surface area contributed by atoms with Crippen LogP contribution in [-0.4, -0.2) is 6.54 Å². The first-order valence-corrected chi connectivity index (χ1v) is 2.88. The molecule has 0 aromatic rings. The van der Waals surface area contributed by atoms with Crippen LogP contribution in [0.1, 0.15) is 12.8 Å². The van der Waals surface area contributed by atoms with E-state index in [0.29, 0.717) is 0 Å². The van der Waals surface area contributed by atoms with E-state index in [0.717, 1.165) is 13.0 Å². The highest BCUT2D eigenvalue weighted by molar-refractivity contribution is 4.84. The summed E-state index contributed by atoms with van der Waals surface area (Å²) in [6.07, 6.45) is 6.35. The Bertz CT molecular complexity index is 68.6. The fourth-order valence-electron chi connectivity index (χ4n) is 0.606. The van der Waals surface area contributed by atoms with Gasteiger partial charge in [0, 0.05) is 0 Å². The van der Waals surface area contributed by atoms with Gasteiger partial charge in [0.05, 0.1) is 0 Å². The van der Waals surface area contributed by atoms with E-state index in [9.17, 15) is 0 Å². The average Bonchev–Trinajstić information content (AvgIpc) is 1.62. The van der Waals surface area contributed by atoms with Crippen LogP contribution in [0.25, 0.3) is 0 Å². The lowest BCUT2D eigenvalue weighted by Crippen LogP contribution is -2.21. The molecule has 0 bridgehead atoms. The molecule has 1 rings (SSSR count). The molecule has 1 heterocycles. The maximum atomic E-state index is 2.97. The SMILES string of the molecule is [C]1N/C=C\CCCN1. The number of allylic oxidation sites excluding steroid dienone is 1. The number of rotatable bonds is 0. The van der Waals surface area contributed by atoms with Crippen LogP contribution >= 0.6 is 0 Å². The van der Waals surface area contributed by atoms with E-state index < -0.39 is 0 Å². The van der Waals surface area contributed by atoms with Gasteiger partial charge in [-0.25, -0.2) is 0 Å². The number of hydrogen-bond donors (Lipinski definition) is 2. The van der Waals surface area contributed by atoms with Crippen molar-refractivity contribution in [3.8, 4) is 0 Å². The molecule has 0 atom stereocenters. The Balaban J connectivity index is 2.17. The van der Waals surface area contributed by atoms with Gasteiger partial charge in [0.1, 0.15) is 0 Å². The van der Waals surface area contributed by atoms with Crippen molar-refractivity contribution >= 4 is 0 Å². The van der Waals surface area contributed by atoms with Gasteiger partial charge in [-0.15, -0.1) is 0 Å². The minimum absolute atomic E-state index is 1.03. The van der Waals surface area contributed by atoms with E-state index >= 15 is 0 Å². The third-order valence-corrected chi connectivity index (χ3v) is 1.03. The molecule has 0 saturated heterocycles. The zero-order chi connectivity index (χ0) is 5.66. The van der Waals surface area contributed by atoms with Crippen molar-refractivity contribution in [1.29, 1.82) is 0 Å². The summed E-state index contributed by atoms with van der Waals surface area (Å²) >= 11 is 0. The average molecular weight is 110 g/mol. The monoisotopic (exact) mass is 110 g/mol. The van der Waals surface area contributed by atoms with Crippen LogP contribution in [0, 0.1) is 6.67 Å². The first-order chi connectivity index (χ1) is 4.00. The Morgan fingerprint density at radius 1 is 1.50 bits per heavy atom. The van der Waals surface area contributed by atoms with Crippen LogP contribution in [0.4, 0.5) is 0 Å². The van der Waals surface area contributed by atoms with Crippen molar-refractivity contribution in [3.63, 3.8) is 0 Å². The second-order valence-corrected chi connectivity index (χ2v) is 1.74. The molecule has 1 aliphatic heterocycles. The van der Waals surface area contributed by atoms with Crippen molar-refractivity contribution < 1.29 is 0 Å². The summed E-state index contributed by atoms with van der Waals surface area (Å²) in [6.45, 7) is 3.83. The third-order valence-electron chi connectivity index (χ3n) is 1.03. The van der Waals surface area contributed by atoms with Gasteiger partial charge in [-0.05, 0) is 25.6 Å². The standard InChI is InChI=1S/C6H10N2/c1-2-4-7-6-8-5-3-1/h2,4,7-8H,1,3,5H2/b4-2-. The summed E-state index contributed by atoms with van der Waals surface area (Å²) in [5, 5.41) is 5.82. The molecule has 0 fully saturated rings. The highest BCUT2D eigenvalue weighted by Gasteiger charge is 1.88. The van der Waals surface area contributed by atoms with E-state index in [1.165, 1.54) is 6.42 Å². The third kappa shape index (κ3) is 1.98. The highest BCUT2D eigenvalue weighted by atomic mass is 15.0. The van der Waals surface area contributed by atoms with Crippen LogP contribution in [0.15, 0.2) is 12.3 Å². The molecule has 0 saturated carbocycles. The van der Waals surface area contributed by atoms with Gasteiger partial charge in [-0.3, -0.25) is 5.32 Å². The number of nitrogens with one attached hydrogen (secondary N) is 2. The van der Waals surface area contributed by atoms with Gasteiger partial charge in [-0.1, -0.05) is 6.08 Å². The van der Waals surface area contributed by atoms with E-state index in [1.807, 2.05) is 6.20 Å². The molecule has 2 heteroatoms. The Labute approximate surface area is 50.0 Å². The molecule has 0 aliphatic carbocycles. The minimum atomic E-state index is 1.03. The minimum Gasteiger partial charge on any atom is -0.367 e. The van der Waals surface area contributed by atoms with Crippen LogP contribution < -0.4 is 10.6 Å². The fourth-order valence-corrected chi connectivity index (χ4v) is 0.606. The molecule has 0 unspecified atom stereocenters. The second-order valence-electron chi connectivity index (χ2n) is 1.74. The van der Waals surface area contributed by atoms with Gasteiger partial charge >= 0.3 is 0 Å². The first-order valence-electron chi connectivity index (χ1n) is 2.88. The highest BCUT2D eigenvalue weighted by Crippen LogP contribution is 1.89. The maximum Gasteiger partial charge on any atom is 0.171 e. The summed E-state index contributed by atoms with van der Waals surface area (Å²) in [4.78, 5) is 0. The maximum absolute atomic E-state index is 2.97. The smallest absolute Gasteiger partial charge is 0.171 e. The molecule has 0 amide bonds. The fraction of sp³-hybridized carbons (Fsp3) is 0.500. The largest absolute Gasteiger partial charge is 0.367 e. The van der Waals surface area contributed by atoms with Gasteiger partial charge in [0.25, 0.3) is 0 Å². The lowest BCUT2D eigenvalue weighted by Gasteiger charge is -2.03. The van der Waals surface area contributed by atoms with Crippen LogP contribution in [0.3, 0.4) is 0 Å². The van der Waals surface area contributed by atoms with Crippen LogP contribution in [0.5, 0.6) is 0 Å². The predicted octanol–water partition coefficient (Wildman–Crippen LogP) is 0.469. The van der Waals surface area contributed by atoms with Crippen LogP contribution in [0.2, 0.25) is 0 Å². The zero-order valence-corrected chi connectivity index (χ0v) is 4.78. The Morgan fingerprint density at radius 3 is 3.50 bits per heavy atom. The Morgan fingerprint density at radius 2 is 2.50 bits per heavy atom. The summed E-state index contributed by atoms with van der Waals surface area (Å²) in [5.74, 6) is 0.